The maximum absolute atomic E-state index is 5.34. The van der Waals surface area contributed by atoms with Gasteiger partial charge in [0.25, 0.3) is 0 Å². The van der Waals surface area contributed by atoms with Crippen molar-refractivity contribution in [2.75, 3.05) is 26.1 Å². The first-order valence-corrected chi connectivity index (χ1v) is 7.25. The van der Waals surface area contributed by atoms with E-state index < -0.39 is 0 Å². The van der Waals surface area contributed by atoms with Crippen LogP contribution in [-0.2, 0) is 6.54 Å². The van der Waals surface area contributed by atoms with Crippen LogP contribution in [0.15, 0.2) is 0 Å². The number of ether oxygens (including phenoxy) is 1. The van der Waals surface area contributed by atoms with Crippen LogP contribution in [0.1, 0.15) is 32.1 Å². The SMILES string of the molecule is CCC(NCc1sc(N(C)C)nc1OC)C(C)C. The van der Waals surface area contributed by atoms with Crippen LogP contribution in [0.3, 0.4) is 0 Å². The molecule has 104 valence electrons. The molecule has 0 fully saturated rings. The van der Waals surface area contributed by atoms with Gasteiger partial charge in [-0.15, -0.1) is 0 Å². The molecule has 0 aromatic carbocycles. The smallest absolute Gasteiger partial charge is 0.230 e. The molecule has 0 aliphatic carbocycles. The number of nitrogens with one attached hydrogen (secondary N) is 1. The second-order valence-electron chi connectivity index (χ2n) is 4.96. The lowest BCUT2D eigenvalue weighted by Crippen LogP contribution is -2.32. The third kappa shape index (κ3) is 3.85. The van der Waals surface area contributed by atoms with E-state index in [1.54, 1.807) is 18.4 Å². The fourth-order valence-corrected chi connectivity index (χ4v) is 2.77. The molecule has 18 heavy (non-hydrogen) atoms. The quantitative estimate of drug-likeness (QED) is 0.827. The Balaban J connectivity index is 2.71. The summed E-state index contributed by atoms with van der Waals surface area (Å²) < 4.78 is 5.34. The maximum Gasteiger partial charge on any atom is 0.230 e. The summed E-state index contributed by atoms with van der Waals surface area (Å²) in [6, 6.07) is 0.541. The number of thiazole rings is 1. The second-order valence-corrected chi connectivity index (χ2v) is 6.03. The monoisotopic (exact) mass is 271 g/mol. The Bertz CT molecular complexity index is 363. The fraction of sp³-hybridized carbons (Fsp3) is 0.769. The number of anilines is 1. The minimum Gasteiger partial charge on any atom is -0.480 e. The van der Waals surface area contributed by atoms with Crippen LogP contribution >= 0.6 is 11.3 Å². The van der Waals surface area contributed by atoms with E-state index in [2.05, 4.69) is 31.1 Å². The molecule has 1 aromatic heterocycles. The van der Waals surface area contributed by atoms with Gasteiger partial charge in [0, 0.05) is 26.7 Å². The summed E-state index contributed by atoms with van der Waals surface area (Å²) in [6.45, 7) is 7.53. The molecule has 0 amide bonds. The predicted molar refractivity (Wildman–Crippen MR) is 78.7 cm³/mol. The first kappa shape index (κ1) is 15.2. The molecule has 0 saturated heterocycles. The first-order valence-electron chi connectivity index (χ1n) is 6.44. The molecular weight excluding hydrogens is 246 g/mol. The average molecular weight is 271 g/mol. The van der Waals surface area contributed by atoms with Gasteiger partial charge in [-0.3, -0.25) is 0 Å². The van der Waals surface area contributed by atoms with Crippen molar-refractivity contribution in [3.05, 3.63) is 4.88 Å². The summed E-state index contributed by atoms with van der Waals surface area (Å²) in [5.74, 6) is 1.39. The Labute approximate surface area is 114 Å². The zero-order valence-corrected chi connectivity index (χ0v) is 13.1. The fourth-order valence-electron chi connectivity index (χ4n) is 1.86. The molecule has 0 aliphatic heterocycles. The highest BCUT2D eigenvalue weighted by Gasteiger charge is 2.15. The zero-order valence-electron chi connectivity index (χ0n) is 12.3. The van der Waals surface area contributed by atoms with E-state index in [0.717, 1.165) is 24.0 Å². The van der Waals surface area contributed by atoms with Gasteiger partial charge in [-0.05, 0) is 12.3 Å². The van der Waals surface area contributed by atoms with Crippen molar-refractivity contribution in [3.8, 4) is 5.88 Å². The van der Waals surface area contributed by atoms with Crippen molar-refractivity contribution in [3.63, 3.8) is 0 Å². The van der Waals surface area contributed by atoms with E-state index in [0.29, 0.717) is 12.0 Å². The van der Waals surface area contributed by atoms with Crippen LogP contribution in [0.2, 0.25) is 0 Å². The molecule has 0 radical (unpaired) electrons. The van der Waals surface area contributed by atoms with Gasteiger partial charge in [0.1, 0.15) is 0 Å². The lowest BCUT2D eigenvalue weighted by Gasteiger charge is -2.20. The van der Waals surface area contributed by atoms with Gasteiger partial charge in [0.2, 0.25) is 5.88 Å². The Morgan fingerprint density at radius 2 is 2.06 bits per heavy atom. The van der Waals surface area contributed by atoms with E-state index in [9.17, 15) is 0 Å². The van der Waals surface area contributed by atoms with Crippen molar-refractivity contribution in [1.29, 1.82) is 0 Å². The average Bonchev–Trinajstić information content (AvgIpc) is 2.73. The van der Waals surface area contributed by atoms with Crippen molar-refractivity contribution < 1.29 is 4.74 Å². The van der Waals surface area contributed by atoms with Gasteiger partial charge in [0.15, 0.2) is 5.13 Å². The molecule has 1 atom stereocenters. The molecule has 1 N–H and O–H groups in total. The highest BCUT2D eigenvalue weighted by molar-refractivity contribution is 7.15. The highest BCUT2D eigenvalue weighted by Crippen LogP contribution is 2.30. The number of nitrogens with zero attached hydrogens (tertiary/aromatic N) is 2. The van der Waals surface area contributed by atoms with Gasteiger partial charge < -0.3 is 15.0 Å². The Hall–Kier alpha value is -0.810. The van der Waals surface area contributed by atoms with Crippen molar-refractivity contribution in [2.24, 2.45) is 5.92 Å². The molecule has 1 rings (SSSR count). The number of hydrogen-bond donors (Lipinski definition) is 1. The lowest BCUT2D eigenvalue weighted by molar-refractivity contribution is 0.373. The van der Waals surface area contributed by atoms with Crippen molar-refractivity contribution in [1.82, 2.24) is 10.3 Å². The number of aromatic nitrogens is 1. The van der Waals surface area contributed by atoms with Crippen LogP contribution in [-0.4, -0.2) is 32.2 Å². The third-order valence-corrected chi connectivity index (χ3v) is 4.20. The van der Waals surface area contributed by atoms with E-state index in [4.69, 9.17) is 4.74 Å². The summed E-state index contributed by atoms with van der Waals surface area (Å²) in [7, 11) is 5.68. The number of methoxy groups -OCH3 is 1. The molecule has 0 spiro atoms. The van der Waals surface area contributed by atoms with Gasteiger partial charge in [-0.1, -0.05) is 32.1 Å². The standard InChI is InChI=1S/C13H25N3OS/c1-7-10(9(2)3)14-8-11-12(17-6)15-13(18-11)16(4)5/h9-10,14H,7-8H2,1-6H3. The van der Waals surface area contributed by atoms with Crippen molar-refractivity contribution >= 4 is 16.5 Å². The van der Waals surface area contributed by atoms with Crippen LogP contribution in [0, 0.1) is 5.92 Å². The molecule has 0 saturated carbocycles. The number of rotatable bonds is 7. The largest absolute Gasteiger partial charge is 0.480 e. The summed E-state index contributed by atoms with van der Waals surface area (Å²) in [6.07, 6.45) is 1.14. The minimum absolute atomic E-state index is 0.541. The first-order chi connectivity index (χ1) is 8.49. The van der Waals surface area contributed by atoms with Crippen molar-refractivity contribution in [2.45, 2.75) is 39.8 Å². The van der Waals surface area contributed by atoms with Crippen LogP contribution in [0.5, 0.6) is 5.88 Å². The van der Waals surface area contributed by atoms with E-state index in [1.165, 1.54) is 4.88 Å². The second kappa shape index (κ2) is 6.95. The minimum atomic E-state index is 0.541. The third-order valence-electron chi connectivity index (χ3n) is 3.00. The topological polar surface area (TPSA) is 37.4 Å². The van der Waals surface area contributed by atoms with Crippen LogP contribution < -0.4 is 15.0 Å². The van der Waals surface area contributed by atoms with E-state index >= 15 is 0 Å². The van der Waals surface area contributed by atoms with Crippen LogP contribution in [0.25, 0.3) is 0 Å². The predicted octanol–water partition coefficient (Wildman–Crippen LogP) is 2.74. The van der Waals surface area contributed by atoms with Gasteiger partial charge >= 0.3 is 0 Å². The lowest BCUT2D eigenvalue weighted by atomic mass is 10.0. The Morgan fingerprint density at radius 3 is 2.50 bits per heavy atom. The van der Waals surface area contributed by atoms with Gasteiger partial charge in [-0.25, -0.2) is 0 Å². The Kier molecular flexibility index (Phi) is 5.88. The molecule has 4 nitrogen and oxygen atoms in total. The molecule has 0 aliphatic rings. The van der Waals surface area contributed by atoms with E-state index in [-0.39, 0.29) is 0 Å². The highest BCUT2D eigenvalue weighted by atomic mass is 32.1. The Morgan fingerprint density at radius 1 is 1.39 bits per heavy atom. The molecule has 1 aromatic rings. The summed E-state index contributed by atoms with van der Waals surface area (Å²) >= 11 is 1.68. The molecule has 5 heteroatoms. The molecule has 1 heterocycles. The van der Waals surface area contributed by atoms with Crippen LogP contribution in [0.4, 0.5) is 5.13 Å². The zero-order chi connectivity index (χ0) is 13.7. The summed E-state index contributed by atoms with van der Waals surface area (Å²) in [4.78, 5) is 7.64. The van der Waals surface area contributed by atoms with Gasteiger partial charge in [-0.2, -0.15) is 4.98 Å². The normalized spacial score (nSPS) is 12.8. The van der Waals surface area contributed by atoms with E-state index in [1.807, 2.05) is 19.0 Å². The molecule has 1 unspecified atom stereocenters. The molecular formula is C13H25N3OS. The number of hydrogen-bond acceptors (Lipinski definition) is 5. The maximum atomic E-state index is 5.34. The van der Waals surface area contributed by atoms with Gasteiger partial charge in [0.05, 0.1) is 12.0 Å². The molecule has 0 bridgehead atoms. The summed E-state index contributed by atoms with van der Waals surface area (Å²) in [5.41, 5.74) is 0. The summed E-state index contributed by atoms with van der Waals surface area (Å²) in [5, 5.41) is 4.57.